The smallest absolute Gasteiger partial charge is 0.412 e. The molecule has 0 aromatic heterocycles. The molecule has 1 N–H and O–H groups in total. The van der Waals surface area contributed by atoms with Crippen LogP contribution in [0.5, 0.6) is 0 Å². The van der Waals surface area contributed by atoms with Crippen LogP contribution in [0.4, 0.5) is 10.5 Å². The number of sulfonamides is 1. The van der Waals surface area contributed by atoms with Crippen molar-refractivity contribution in [3.05, 3.63) is 39.9 Å². The number of nitro groups is 1. The number of amides is 1. The number of nitrogens with one attached hydrogen (secondary N) is 1. The fraction of sp³-hybridized carbons (Fsp3) is 0.650. The molecule has 12 heteroatoms. The van der Waals surface area contributed by atoms with Gasteiger partial charge < -0.3 is 9.16 Å². The van der Waals surface area contributed by atoms with Gasteiger partial charge in [0, 0.05) is 25.1 Å². The predicted molar refractivity (Wildman–Crippen MR) is 123 cm³/mol. The third-order valence-electron chi connectivity index (χ3n) is 5.48. The van der Waals surface area contributed by atoms with Crippen LogP contribution in [0.15, 0.2) is 24.3 Å². The molecule has 2 atom stereocenters. The molecule has 32 heavy (non-hydrogen) atoms. The van der Waals surface area contributed by atoms with Gasteiger partial charge in [0.25, 0.3) is 5.69 Å². The Bertz CT molecular complexity index is 932. The molecule has 1 saturated heterocycles. The predicted octanol–water partition coefficient (Wildman–Crippen LogP) is 2.84. The second-order valence-corrected chi connectivity index (χ2v) is 13.7. The van der Waals surface area contributed by atoms with Gasteiger partial charge in [-0.3, -0.25) is 15.0 Å². The molecule has 0 unspecified atom stereocenters. The molecule has 10 nitrogen and oxygen atoms in total. The summed E-state index contributed by atoms with van der Waals surface area (Å²) in [5.74, 6) is 0.0727. The Morgan fingerprint density at radius 2 is 1.91 bits per heavy atom. The Labute approximate surface area is 191 Å². The number of hydrogen-bond acceptors (Lipinski definition) is 7. The van der Waals surface area contributed by atoms with Crippen molar-refractivity contribution in [2.75, 3.05) is 19.3 Å². The minimum Gasteiger partial charge on any atom is -0.444 e. The first-order chi connectivity index (χ1) is 14.6. The highest BCUT2D eigenvalue weighted by Gasteiger charge is 2.53. The molecule has 2 rings (SSSR count). The van der Waals surface area contributed by atoms with E-state index in [0.29, 0.717) is 18.5 Å². The first-order valence-electron chi connectivity index (χ1n) is 10.4. The molecule has 1 fully saturated rings. The summed E-state index contributed by atoms with van der Waals surface area (Å²) in [5.41, 5.74) is -0.706. The maximum atomic E-state index is 13.1. The van der Waals surface area contributed by atoms with E-state index in [1.54, 1.807) is 0 Å². The summed E-state index contributed by atoms with van der Waals surface area (Å²) < 4.78 is 38.0. The topological polar surface area (TPSA) is 128 Å². The van der Waals surface area contributed by atoms with Crippen LogP contribution in [0.25, 0.3) is 0 Å². The van der Waals surface area contributed by atoms with Gasteiger partial charge in [-0.15, -0.1) is 0 Å². The molecule has 1 heterocycles. The number of rotatable bonds is 8. The highest BCUT2D eigenvalue weighted by Crippen LogP contribution is 2.43. The average molecular weight is 488 g/mol. The van der Waals surface area contributed by atoms with Crippen molar-refractivity contribution in [1.82, 2.24) is 9.62 Å². The van der Waals surface area contributed by atoms with Crippen molar-refractivity contribution in [2.24, 2.45) is 11.3 Å². The zero-order chi connectivity index (χ0) is 24.3. The van der Waals surface area contributed by atoms with Gasteiger partial charge in [-0.1, -0.05) is 20.8 Å². The quantitative estimate of drug-likeness (QED) is 0.339. The van der Waals surface area contributed by atoms with Crippen LogP contribution in [-0.4, -0.2) is 58.4 Å². The van der Waals surface area contributed by atoms with Gasteiger partial charge in [0.15, 0.2) is 9.04 Å². The normalized spacial score (nSPS) is 21.7. The number of ether oxygens (including phenoxy) is 1. The summed E-state index contributed by atoms with van der Waals surface area (Å²) in [5, 5.41) is 10.8. The summed E-state index contributed by atoms with van der Waals surface area (Å²) in [7, 11) is -5.18. The van der Waals surface area contributed by atoms with Crippen molar-refractivity contribution >= 4 is 30.8 Å². The van der Waals surface area contributed by atoms with Crippen LogP contribution in [0.3, 0.4) is 0 Å². The van der Waals surface area contributed by atoms with Crippen molar-refractivity contribution in [1.29, 1.82) is 0 Å². The van der Waals surface area contributed by atoms with E-state index in [1.165, 1.54) is 29.2 Å². The van der Waals surface area contributed by atoms with Crippen molar-refractivity contribution in [3.63, 3.8) is 0 Å². The minimum absolute atomic E-state index is 0.0474. The Morgan fingerprint density at radius 3 is 2.38 bits per heavy atom. The summed E-state index contributed by atoms with van der Waals surface area (Å²) >= 11 is 0. The molecule has 0 bridgehead atoms. The third-order valence-corrected chi connectivity index (χ3v) is 7.06. The number of carbonyl (C=O) groups excluding carboxylic acids is 1. The number of benzene rings is 1. The monoisotopic (exact) mass is 487 g/mol. The largest absolute Gasteiger partial charge is 0.444 e. The third kappa shape index (κ3) is 6.99. The van der Waals surface area contributed by atoms with E-state index in [-0.39, 0.29) is 30.2 Å². The minimum atomic E-state index is -3.50. The van der Waals surface area contributed by atoms with Gasteiger partial charge in [-0.25, -0.2) is 17.9 Å². The van der Waals surface area contributed by atoms with Gasteiger partial charge in [0.1, 0.15) is 12.3 Å². The molecule has 0 aliphatic carbocycles. The molecule has 1 aromatic rings. The van der Waals surface area contributed by atoms with E-state index in [2.05, 4.69) is 25.5 Å². The van der Waals surface area contributed by atoms with E-state index >= 15 is 0 Å². The number of carbonyl (C=O) groups is 1. The molecule has 0 spiro atoms. The number of nitro benzene ring substituents is 1. The first kappa shape index (κ1) is 26.2. The Balaban J connectivity index is 2.26. The molecule has 0 radical (unpaired) electrons. The number of likely N-dealkylation sites (tertiary alicyclic amines) is 1. The number of non-ortho nitro benzene ring substituents is 1. The molecule has 1 aliphatic rings. The van der Waals surface area contributed by atoms with Crippen molar-refractivity contribution < 1.29 is 27.3 Å². The Hall–Kier alpha value is -2.02. The van der Waals surface area contributed by atoms with Crippen LogP contribution in [0.2, 0.25) is 13.1 Å². The second-order valence-electron chi connectivity index (χ2n) is 9.56. The van der Waals surface area contributed by atoms with Crippen molar-refractivity contribution in [3.8, 4) is 0 Å². The molecule has 1 amide bonds. The fourth-order valence-electron chi connectivity index (χ4n) is 3.71. The molecule has 180 valence electrons. The lowest BCUT2D eigenvalue weighted by molar-refractivity contribution is -0.384. The van der Waals surface area contributed by atoms with Crippen LogP contribution in [0, 0.1) is 21.4 Å². The summed E-state index contributed by atoms with van der Waals surface area (Å²) in [6.07, 6.45) is 0.942. The van der Waals surface area contributed by atoms with E-state index in [4.69, 9.17) is 9.16 Å². The average Bonchev–Trinajstić information content (AvgIpc) is 3.04. The lowest BCUT2D eigenvalue weighted by Gasteiger charge is -2.39. The first-order valence-corrected chi connectivity index (χ1v) is 15.1. The highest BCUT2D eigenvalue weighted by atomic mass is 32.2. The van der Waals surface area contributed by atoms with Gasteiger partial charge in [0.05, 0.1) is 17.7 Å². The van der Waals surface area contributed by atoms with Gasteiger partial charge in [0.2, 0.25) is 10.0 Å². The maximum Gasteiger partial charge on any atom is 0.412 e. The van der Waals surface area contributed by atoms with E-state index < -0.39 is 35.8 Å². The molecular formula is C20H33N3O7SSi. The molecule has 1 aromatic carbocycles. The summed E-state index contributed by atoms with van der Waals surface area (Å²) in [6, 6.07) is 5.76. The lowest BCUT2D eigenvalue weighted by Crippen LogP contribution is -2.57. The van der Waals surface area contributed by atoms with Crippen LogP contribution in [0.1, 0.15) is 32.8 Å². The van der Waals surface area contributed by atoms with Crippen LogP contribution >= 0.6 is 0 Å². The van der Waals surface area contributed by atoms with Crippen molar-refractivity contribution in [2.45, 2.75) is 52.6 Å². The zero-order valence-electron chi connectivity index (χ0n) is 19.5. The van der Waals surface area contributed by atoms with Gasteiger partial charge >= 0.3 is 6.09 Å². The summed E-state index contributed by atoms with van der Waals surface area (Å²) in [4.78, 5) is 25.0. The van der Waals surface area contributed by atoms with E-state index in [1.807, 2.05) is 13.1 Å². The second kappa shape index (κ2) is 9.85. The van der Waals surface area contributed by atoms with Crippen LogP contribution < -0.4 is 4.72 Å². The highest BCUT2D eigenvalue weighted by molar-refractivity contribution is 7.88. The molecule has 1 aliphatic heterocycles. The standard InChI is InChI=1S/C20H33N3O7SSi/c1-19(2,3)16-11-20(30-32(5)6,14-21-31(4,27)28)22(12-16)18(24)29-13-15-7-9-17(10-8-15)23(25)26/h7-10,16,21,32H,11-14H2,1-6H3/t16-,20-/m0/s1. The van der Waals surface area contributed by atoms with Gasteiger partial charge in [-0.05, 0) is 42.1 Å². The zero-order valence-corrected chi connectivity index (χ0v) is 21.4. The Morgan fingerprint density at radius 1 is 1.31 bits per heavy atom. The lowest BCUT2D eigenvalue weighted by atomic mass is 9.79. The van der Waals surface area contributed by atoms with Gasteiger partial charge in [-0.2, -0.15) is 0 Å². The van der Waals surface area contributed by atoms with E-state index in [0.717, 1.165) is 6.26 Å². The fourth-order valence-corrected chi connectivity index (χ4v) is 5.38. The maximum absolute atomic E-state index is 13.1. The SMILES string of the molecule is C[SiH](C)O[C@]1(CNS(C)(=O)=O)C[C@H](C(C)(C)C)CN1C(=O)OCc1ccc([N+](=O)[O-])cc1. The molecule has 0 saturated carbocycles. The molecular weight excluding hydrogens is 454 g/mol. The summed E-state index contributed by atoms with van der Waals surface area (Å²) in [6.45, 7) is 10.4. The Kier molecular flexibility index (Phi) is 8.08. The van der Waals surface area contributed by atoms with E-state index in [9.17, 15) is 23.3 Å². The number of hydrogen-bond donors (Lipinski definition) is 1. The number of nitrogens with zero attached hydrogens (tertiary/aromatic N) is 2. The van der Waals surface area contributed by atoms with Crippen LogP contribution in [-0.2, 0) is 25.8 Å².